The van der Waals surface area contributed by atoms with Crippen LogP contribution in [0, 0.1) is 18.3 Å². The van der Waals surface area contributed by atoms with Crippen molar-refractivity contribution < 1.29 is 4.79 Å². The van der Waals surface area contributed by atoms with Gasteiger partial charge in [-0.3, -0.25) is 14.7 Å². The number of carbonyl (C=O) groups is 1. The number of anilines is 1. The molecule has 4 aromatic rings. The first-order valence-electron chi connectivity index (χ1n) is 10.3. The topological polar surface area (TPSA) is 104 Å². The van der Waals surface area contributed by atoms with Crippen molar-refractivity contribution in [3.05, 3.63) is 94.3 Å². The summed E-state index contributed by atoms with van der Waals surface area (Å²) in [6.45, 7) is 2.02. The van der Waals surface area contributed by atoms with Gasteiger partial charge in [-0.1, -0.05) is 48.0 Å². The molecule has 2 aromatic heterocycles. The molecule has 0 unspecified atom stereocenters. The number of nitrogens with one attached hydrogen (secondary N) is 2. The Kier molecular flexibility index (Phi) is 6.72. The summed E-state index contributed by atoms with van der Waals surface area (Å²) in [4.78, 5) is 29.2. The van der Waals surface area contributed by atoms with E-state index < -0.39 is 0 Å². The van der Waals surface area contributed by atoms with Crippen LogP contribution in [-0.4, -0.2) is 26.4 Å². The molecule has 0 radical (unpaired) electrons. The summed E-state index contributed by atoms with van der Waals surface area (Å²) < 4.78 is 1.37. The molecule has 7 nitrogen and oxygen atoms in total. The standard InChI is InChI=1S/C25H21N5O2S/c1-17-7-9-18(10-8-17)21-12-11-19(16-26)25(27-21)33-14-13-23(31)28-22-15-24(32)30(29-22)20-5-3-2-4-6-20/h2-12,15,29H,13-14H2,1H3,(H,28,31). The number of amides is 1. The van der Waals surface area contributed by atoms with Crippen molar-refractivity contribution in [1.82, 2.24) is 14.8 Å². The first kappa shape index (κ1) is 22.1. The fourth-order valence-electron chi connectivity index (χ4n) is 3.20. The van der Waals surface area contributed by atoms with Crippen molar-refractivity contribution in [2.45, 2.75) is 18.4 Å². The Balaban J connectivity index is 1.39. The van der Waals surface area contributed by atoms with Gasteiger partial charge < -0.3 is 5.32 Å². The van der Waals surface area contributed by atoms with Gasteiger partial charge in [-0.2, -0.15) is 5.26 Å². The number of aryl methyl sites for hydroxylation is 1. The molecule has 1 amide bonds. The number of nitrogens with zero attached hydrogens (tertiary/aromatic N) is 3. The maximum Gasteiger partial charge on any atom is 0.273 e. The predicted octanol–water partition coefficient (Wildman–Crippen LogP) is 4.53. The molecule has 0 saturated heterocycles. The van der Waals surface area contributed by atoms with E-state index in [9.17, 15) is 14.9 Å². The van der Waals surface area contributed by atoms with Crippen molar-refractivity contribution in [3.8, 4) is 23.0 Å². The summed E-state index contributed by atoms with van der Waals surface area (Å²) in [7, 11) is 0. The second-order valence-corrected chi connectivity index (χ2v) is 8.44. The van der Waals surface area contributed by atoms with E-state index in [0.717, 1.165) is 16.8 Å². The van der Waals surface area contributed by atoms with Gasteiger partial charge in [-0.25, -0.2) is 9.67 Å². The number of hydrogen-bond acceptors (Lipinski definition) is 5. The third-order valence-corrected chi connectivity index (χ3v) is 5.90. The number of aromatic nitrogens is 3. The van der Waals surface area contributed by atoms with Crippen LogP contribution in [0.5, 0.6) is 0 Å². The zero-order chi connectivity index (χ0) is 23.2. The largest absolute Gasteiger partial charge is 0.311 e. The smallest absolute Gasteiger partial charge is 0.273 e. The molecule has 8 heteroatoms. The highest BCUT2D eigenvalue weighted by Gasteiger charge is 2.11. The SMILES string of the molecule is Cc1ccc(-c2ccc(C#N)c(SCCC(=O)Nc3cc(=O)n(-c4ccccc4)[nH]3)n2)cc1. The molecule has 164 valence electrons. The van der Waals surface area contributed by atoms with Gasteiger partial charge in [0.1, 0.15) is 16.9 Å². The van der Waals surface area contributed by atoms with Crippen LogP contribution >= 0.6 is 11.8 Å². The number of benzene rings is 2. The molecule has 33 heavy (non-hydrogen) atoms. The average Bonchev–Trinajstić information content (AvgIpc) is 3.19. The van der Waals surface area contributed by atoms with E-state index >= 15 is 0 Å². The van der Waals surface area contributed by atoms with E-state index in [0.29, 0.717) is 27.8 Å². The molecular formula is C25H21N5O2S. The van der Waals surface area contributed by atoms with E-state index in [-0.39, 0.29) is 17.9 Å². The molecule has 0 bridgehead atoms. The third kappa shape index (κ3) is 5.40. The minimum atomic E-state index is -0.262. The maximum absolute atomic E-state index is 12.4. The zero-order valence-corrected chi connectivity index (χ0v) is 18.7. The van der Waals surface area contributed by atoms with Crippen molar-refractivity contribution in [2.24, 2.45) is 0 Å². The monoisotopic (exact) mass is 455 g/mol. The van der Waals surface area contributed by atoms with Gasteiger partial charge in [0.15, 0.2) is 0 Å². The first-order chi connectivity index (χ1) is 16.0. The predicted molar refractivity (Wildman–Crippen MR) is 129 cm³/mol. The van der Waals surface area contributed by atoms with Crippen molar-refractivity contribution in [3.63, 3.8) is 0 Å². The number of thioether (sulfide) groups is 1. The Morgan fingerprint density at radius 2 is 1.88 bits per heavy atom. The Bertz CT molecular complexity index is 1370. The lowest BCUT2D eigenvalue weighted by atomic mass is 10.1. The van der Waals surface area contributed by atoms with Gasteiger partial charge >= 0.3 is 0 Å². The number of rotatable bonds is 7. The van der Waals surface area contributed by atoms with Crippen molar-refractivity contribution >= 4 is 23.5 Å². The first-order valence-corrected chi connectivity index (χ1v) is 11.3. The van der Waals surface area contributed by atoms with Crippen molar-refractivity contribution in [2.75, 3.05) is 11.1 Å². The number of H-pyrrole nitrogens is 1. The quantitative estimate of drug-likeness (QED) is 0.399. The minimum Gasteiger partial charge on any atom is -0.311 e. The molecule has 2 N–H and O–H groups in total. The molecule has 2 heterocycles. The molecule has 0 spiro atoms. The number of carbonyl (C=O) groups excluding carboxylic acids is 1. The molecule has 0 aliphatic rings. The second-order valence-electron chi connectivity index (χ2n) is 7.35. The summed E-state index contributed by atoms with van der Waals surface area (Å²) in [5.41, 5.74) is 3.80. The normalized spacial score (nSPS) is 10.5. The Labute approximate surface area is 195 Å². The van der Waals surface area contributed by atoms with E-state index in [1.165, 1.54) is 22.5 Å². The number of hydrogen-bond donors (Lipinski definition) is 2. The number of nitriles is 1. The summed E-state index contributed by atoms with van der Waals surface area (Å²) in [6, 6.07) is 24.2. The van der Waals surface area contributed by atoms with Crippen LogP contribution in [0.1, 0.15) is 17.5 Å². The summed E-state index contributed by atoms with van der Waals surface area (Å²) in [5, 5.41) is 15.6. The van der Waals surface area contributed by atoms with Gasteiger partial charge in [0.2, 0.25) is 5.91 Å². The van der Waals surface area contributed by atoms with Crippen LogP contribution in [0.4, 0.5) is 5.82 Å². The van der Waals surface area contributed by atoms with Gasteiger partial charge in [0.05, 0.1) is 16.9 Å². The molecule has 4 rings (SSSR count). The van der Waals surface area contributed by atoms with Gasteiger partial charge in [0.25, 0.3) is 5.56 Å². The molecule has 0 fully saturated rings. The van der Waals surface area contributed by atoms with Gasteiger partial charge in [-0.15, -0.1) is 11.8 Å². The maximum atomic E-state index is 12.4. The minimum absolute atomic E-state index is 0.199. The van der Waals surface area contributed by atoms with Crippen LogP contribution < -0.4 is 10.9 Å². The van der Waals surface area contributed by atoms with Crippen LogP contribution in [0.2, 0.25) is 0 Å². The summed E-state index contributed by atoms with van der Waals surface area (Å²) >= 11 is 1.36. The third-order valence-electron chi connectivity index (χ3n) is 4.90. The highest BCUT2D eigenvalue weighted by Crippen LogP contribution is 2.26. The van der Waals surface area contributed by atoms with Gasteiger partial charge in [-0.05, 0) is 31.2 Å². The number of pyridine rings is 1. The molecule has 0 aliphatic carbocycles. The lowest BCUT2D eigenvalue weighted by Gasteiger charge is -2.07. The fourth-order valence-corrected chi connectivity index (χ4v) is 4.12. The lowest BCUT2D eigenvalue weighted by molar-refractivity contribution is -0.115. The van der Waals surface area contributed by atoms with Crippen LogP contribution in [0.3, 0.4) is 0 Å². The Morgan fingerprint density at radius 3 is 2.61 bits per heavy atom. The second kappa shape index (κ2) is 10.0. The Morgan fingerprint density at radius 1 is 1.12 bits per heavy atom. The Hall–Kier alpha value is -4.09. The van der Waals surface area contributed by atoms with E-state index in [1.54, 1.807) is 18.2 Å². The molecule has 0 atom stereocenters. The van der Waals surface area contributed by atoms with Crippen molar-refractivity contribution in [1.29, 1.82) is 5.26 Å². The zero-order valence-electron chi connectivity index (χ0n) is 17.9. The summed E-state index contributed by atoms with van der Waals surface area (Å²) in [6.07, 6.45) is 0.199. The highest BCUT2D eigenvalue weighted by molar-refractivity contribution is 7.99. The molecule has 0 aliphatic heterocycles. The molecule has 2 aromatic carbocycles. The number of aromatic amines is 1. The van der Waals surface area contributed by atoms with E-state index in [4.69, 9.17) is 0 Å². The number of para-hydroxylation sites is 1. The van der Waals surface area contributed by atoms with E-state index in [2.05, 4.69) is 21.5 Å². The highest BCUT2D eigenvalue weighted by atomic mass is 32.2. The fraction of sp³-hybridized carbons (Fsp3) is 0.120. The van der Waals surface area contributed by atoms with Gasteiger partial charge in [0, 0.05) is 23.8 Å². The van der Waals surface area contributed by atoms with Crippen LogP contribution in [0.25, 0.3) is 16.9 Å². The summed E-state index contributed by atoms with van der Waals surface area (Å²) in [5.74, 6) is 0.530. The molecule has 0 saturated carbocycles. The van der Waals surface area contributed by atoms with Crippen LogP contribution in [0.15, 0.2) is 82.6 Å². The van der Waals surface area contributed by atoms with E-state index in [1.807, 2.05) is 55.5 Å². The average molecular weight is 456 g/mol. The lowest BCUT2D eigenvalue weighted by Crippen LogP contribution is -2.14. The van der Waals surface area contributed by atoms with Crippen LogP contribution in [-0.2, 0) is 4.79 Å². The molecular weight excluding hydrogens is 434 g/mol.